The molecule has 0 radical (unpaired) electrons. The predicted molar refractivity (Wildman–Crippen MR) is 191 cm³/mol. The molecule has 4 aromatic carbocycles. The zero-order valence-electron chi connectivity index (χ0n) is 33.8. The van der Waals surface area contributed by atoms with Crippen molar-refractivity contribution < 1.29 is 246 Å². The van der Waals surface area contributed by atoms with Gasteiger partial charge >= 0.3 is 148 Å². The van der Waals surface area contributed by atoms with Crippen molar-refractivity contribution in [3.05, 3.63) is 54.6 Å². The molecule has 0 aromatic heterocycles. The third kappa shape index (κ3) is 19.8. The summed E-state index contributed by atoms with van der Waals surface area (Å²) in [5.41, 5.74) is 2.58. The van der Waals surface area contributed by atoms with Gasteiger partial charge in [0, 0.05) is 0 Å². The number of rotatable bonds is 21. The summed E-state index contributed by atoms with van der Waals surface area (Å²) in [5.74, 6) is -2.86. The molecule has 0 saturated carbocycles. The molecular formula is C26H20N5Na5O22S7. The van der Waals surface area contributed by atoms with Crippen molar-refractivity contribution in [3.63, 3.8) is 0 Å². The molecule has 0 aliphatic rings. The maximum absolute atomic E-state index is 12.7. The normalized spacial score (nSPS) is 12.2. The number of hydrogen-bond acceptors (Lipinski definition) is 29. The molecule has 0 fully saturated rings. The second-order valence-corrected chi connectivity index (χ2v) is 20.1. The molecule has 0 aliphatic carbocycles. The number of sulfone groups is 2. The van der Waals surface area contributed by atoms with E-state index in [2.05, 4.69) is 47.6 Å². The molecule has 65 heavy (non-hydrogen) atoms. The molecule has 4 aromatic rings. The molecule has 0 heterocycles. The van der Waals surface area contributed by atoms with Crippen molar-refractivity contribution in [1.82, 2.24) is 0 Å². The maximum atomic E-state index is 12.7. The van der Waals surface area contributed by atoms with Gasteiger partial charge in [0.05, 0.1) is 78.0 Å². The van der Waals surface area contributed by atoms with E-state index in [0.717, 1.165) is 42.5 Å². The summed E-state index contributed by atoms with van der Waals surface area (Å²) in [4.78, 5) is -4.08. The number of nitrogens with two attached hydrogens (primary N) is 1. The molecule has 3 N–H and O–H groups in total. The molecule has 0 aliphatic heterocycles. The second kappa shape index (κ2) is 29.5. The van der Waals surface area contributed by atoms with E-state index in [1.54, 1.807) is 0 Å². The minimum Gasteiger partial charge on any atom is -0.744 e. The number of hydrogen-bond donors (Lipinski definition) is 2. The summed E-state index contributed by atoms with van der Waals surface area (Å²) in [6.07, 6.45) is 0. The van der Waals surface area contributed by atoms with Crippen LogP contribution in [0.3, 0.4) is 0 Å². The van der Waals surface area contributed by atoms with Gasteiger partial charge in [0.2, 0.25) is 10.4 Å². The van der Waals surface area contributed by atoms with Crippen LogP contribution in [0.5, 0.6) is 5.75 Å². The summed E-state index contributed by atoms with van der Waals surface area (Å²) in [6, 6.07) is 7.75. The number of benzene rings is 4. The third-order valence-corrected chi connectivity index (χ3v) is 13.6. The number of nitrogen functional groups attached to an aromatic ring is 1. The van der Waals surface area contributed by atoms with Crippen molar-refractivity contribution in [1.29, 1.82) is 0 Å². The van der Waals surface area contributed by atoms with E-state index in [1.807, 2.05) is 0 Å². The number of nitrogens with zero attached hydrogens (tertiary/aromatic N) is 4. The summed E-state index contributed by atoms with van der Waals surface area (Å²) >= 11 is 0.00190. The van der Waals surface area contributed by atoms with Crippen molar-refractivity contribution >= 4 is 114 Å². The van der Waals surface area contributed by atoms with Gasteiger partial charge in [0.1, 0.15) is 37.3 Å². The Kier molecular flexibility index (Phi) is 30.8. The van der Waals surface area contributed by atoms with Gasteiger partial charge in [-0.1, -0.05) is 6.07 Å². The SMILES string of the molecule is Nc1c(N=Nc2cccc(S(=O)(=O)CCOS(=O)(=O)[O-])c2)c(S(=O)(=O)[O-])cc2cc(SOO[O-])c(N=Nc3ccc(S(=O)(=O)CCOSOO[O-])cc3S(=O)(=O)[O-])c(O)c12.[Na+].[Na+].[Na+].[Na+].[Na+]. The van der Waals surface area contributed by atoms with Gasteiger partial charge in [-0.15, -0.1) is 19.7 Å². The zero-order valence-corrected chi connectivity index (χ0v) is 49.5. The van der Waals surface area contributed by atoms with E-state index >= 15 is 0 Å². The summed E-state index contributed by atoms with van der Waals surface area (Å²) in [5, 5.41) is 52.0. The van der Waals surface area contributed by atoms with Crippen LogP contribution < -0.4 is 164 Å². The van der Waals surface area contributed by atoms with Crippen molar-refractivity contribution in [2.75, 3.05) is 30.5 Å². The standard InChI is InChI=1S/C26H25N5O22S7.5Na/c27-23-22-14(11-21(59(42,43)44)25(23)31-28-15-2-1-3-16(12-15)57(37,38)9-7-49-60(45,46)47)10-19(54-52-50-33)24(26(22)32)30-29-18-5-4-17(13-20(18)58(39,40)41)56(35,36)8-6-48-55-53-51-34;;;;;/h1-5,10-13,32-34H,6-9,27H2,(H,39,40,41)(H,42,43,44)(H,45,46,47);;;;;/q;5*+1/p-5. The number of fused-ring (bicyclic) bond motifs is 1. The Morgan fingerprint density at radius 1 is 0.646 bits per heavy atom. The van der Waals surface area contributed by atoms with Crippen LogP contribution in [0.2, 0.25) is 0 Å². The average Bonchev–Trinajstić information content (AvgIpc) is 3.14. The van der Waals surface area contributed by atoms with Gasteiger partial charge in [0.25, 0.3) is 0 Å². The second-order valence-electron chi connectivity index (χ2n) is 10.9. The number of phenolic OH excluding ortho intramolecular Hbond substituents is 1. The largest absolute Gasteiger partial charge is 1.00 e. The van der Waals surface area contributed by atoms with Crippen LogP contribution in [0.25, 0.3) is 10.8 Å². The Labute approximate surface area is 488 Å². The number of anilines is 1. The summed E-state index contributed by atoms with van der Waals surface area (Å²) < 4.78 is 173. The molecule has 39 heteroatoms. The third-order valence-electron chi connectivity index (χ3n) is 7.11. The van der Waals surface area contributed by atoms with E-state index in [0.29, 0.717) is 12.1 Å². The van der Waals surface area contributed by atoms with Crippen LogP contribution in [0.4, 0.5) is 28.4 Å². The average molecular weight is 1090 g/mol. The summed E-state index contributed by atoms with van der Waals surface area (Å²) in [7, 11) is -25.0. The van der Waals surface area contributed by atoms with Gasteiger partial charge in [-0.2, -0.15) is 9.45 Å². The number of aromatic hydroxyl groups is 1. The van der Waals surface area contributed by atoms with Crippen LogP contribution in [-0.4, -0.2) is 85.6 Å². The zero-order chi connectivity index (χ0) is 44.7. The first kappa shape index (κ1) is 68.0. The topological polar surface area (TPSA) is 437 Å². The quantitative estimate of drug-likeness (QED) is 0.00900. The molecule has 0 atom stereocenters. The molecule has 328 valence electrons. The number of phenols is 1. The fourth-order valence-corrected chi connectivity index (χ4v) is 9.44. The minimum atomic E-state index is -5.53. The fraction of sp³-hybridized carbons (Fsp3) is 0.154. The van der Waals surface area contributed by atoms with E-state index in [1.165, 1.54) is 0 Å². The Morgan fingerprint density at radius 2 is 1.22 bits per heavy atom. The monoisotopic (exact) mass is 1090 g/mol. The fourth-order valence-electron chi connectivity index (χ4n) is 4.63. The van der Waals surface area contributed by atoms with E-state index < -0.39 is 133 Å². The van der Waals surface area contributed by atoms with Gasteiger partial charge in [-0.3, -0.25) is 18.4 Å². The molecule has 0 spiro atoms. The molecule has 27 nitrogen and oxygen atoms in total. The van der Waals surface area contributed by atoms with Crippen molar-refractivity contribution in [3.8, 4) is 5.75 Å². The van der Waals surface area contributed by atoms with Gasteiger partial charge < -0.3 is 35.0 Å². The van der Waals surface area contributed by atoms with Gasteiger partial charge in [0.15, 0.2) is 37.7 Å². The van der Waals surface area contributed by atoms with Crippen LogP contribution >= 0.6 is 24.4 Å². The van der Waals surface area contributed by atoms with Gasteiger partial charge in [-0.05, 0) is 53.9 Å². The van der Waals surface area contributed by atoms with Crippen molar-refractivity contribution in [2.45, 2.75) is 24.5 Å². The minimum absolute atomic E-state index is 0. The summed E-state index contributed by atoms with van der Waals surface area (Å²) in [6.45, 7) is -1.65. The Hall–Kier alpha value is 0.950. The molecular weight excluding hydrogens is 1070 g/mol. The van der Waals surface area contributed by atoms with E-state index in [4.69, 9.17) is 5.73 Å². The van der Waals surface area contributed by atoms with Gasteiger partial charge in [-0.25, -0.2) is 42.1 Å². The molecule has 0 amide bonds. The van der Waals surface area contributed by atoms with Crippen LogP contribution in [0.1, 0.15) is 0 Å². The molecule has 0 unspecified atom stereocenters. The van der Waals surface area contributed by atoms with E-state index in [-0.39, 0.29) is 183 Å². The smallest absolute Gasteiger partial charge is 0.744 e. The Bertz CT molecular complexity index is 2920. The van der Waals surface area contributed by atoms with E-state index in [9.17, 15) is 71.4 Å². The molecule has 0 bridgehead atoms. The first-order valence-corrected chi connectivity index (χ1v) is 23.8. The molecule has 4 rings (SSSR count). The first-order valence-electron chi connectivity index (χ1n) is 14.9. The predicted octanol–water partition coefficient (Wildman–Crippen LogP) is -14.2. The Balaban J connectivity index is 0. The van der Waals surface area contributed by atoms with Crippen LogP contribution in [0, 0.1) is 0 Å². The van der Waals surface area contributed by atoms with Crippen molar-refractivity contribution in [2.24, 2.45) is 20.5 Å². The first-order chi connectivity index (χ1) is 27.9. The number of azo groups is 2. The molecule has 0 saturated heterocycles. The van der Waals surface area contributed by atoms with Crippen LogP contribution in [0.15, 0.2) is 99.5 Å². The maximum Gasteiger partial charge on any atom is 1.00 e. The van der Waals surface area contributed by atoms with Crippen LogP contribution in [-0.2, 0) is 77.4 Å². The Morgan fingerprint density at radius 3 is 1.78 bits per heavy atom.